The highest BCUT2D eigenvalue weighted by Gasteiger charge is 2.09. The average Bonchev–Trinajstić information content (AvgIpc) is 2.96. The molecule has 0 aliphatic rings. The van der Waals surface area contributed by atoms with Crippen LogP contribution in [0.4, 0.5) is 5.69 Å². The van der Waals surface area contributed by atoms with Crippen LogP contribution in [0.15, 0.2) is 35.8 Å². The molecular weight excluding hydrogens is 308 g/mol. The zero-order valence-corrected chi connectivity index (χ0v) is 12.8. The summed E-state index contributed by atoms with van der Waals surface area (Å²) in [5.41, 5.74) is 4.48. The minimum absolute atomic E-state index is 0.126. The van der Waals surface area contributed by atoms with Gasteiger partial charge in [-0.1, -0.05) is 17.7 Å². The van der Waals surface area contributed by atoms with Crippen LogP contribution in [0.2, 0.25) is 5.02 Å². The van der Waals surface area contributed by atoms with Gasteiger partial charge in [-0.2, -0.15) is 0 Å². The smallest absolute Gasteiger partial charge is 0.160 e. The molecule has 1 heterocycles. The van der Waals surface area contributed by atoms with E-state index in [0.717, 1.165) is 21.5 Å². The summed E-state index contributed by atoms with van der Waals surface area (Å²) in [6.45, 7) is 0.562. The summed E-state index contributed by atoms with van der Waals surface area (Å²) in [6, 6.07) is 9.06. The number of nitrogens with one attached hydrogen (secondary N) is 1. The summed E-state index contributed by atoms with van der Waals surface area (Å²) < 4.78 is 6.19. The van der Waals surface area contributed by atoms with E-state index in [1.54, 1.807) is 29.0 Å². The lowest BCUT2D eigenvalue weighted by Crippen LogP contribution is -2.01. The summed E-state index contributed by atoms with van der Waals surface area (Å²) in [6.07, 6.45) is 0. The first-order valence-electron chi connectivity index (χ1n) is 6.30. The number of fused-ring (bicyclic) bond motifs is 1. The first-order valence-corrected chi connectivity index (χ1v) is 7.56. The highest BCUT2D eigenvalue weighted by molar-refractivity contribution is 7.16. The molecule has 21 heavy (non-hydrogen) atoms. The fraction of sp³-hybridized carbons (Fsp3) is 0.133. The highest BCUT2D eigenvalue weighted by Crippen LogP contribution is 2.33. The third-order valence-electron chi connectivity index (χ3n) is 3.16. The van der Waals surface area contributed by atoms with Gasteiger partial charge in [-0.3, -0.25) is 0 Å². The van der Waals surface area contributed by atoms with Crippen molar-refractivity contribution in [3.63, 3.8) is 0 Å². The van der Waals surface area contributed by atoms with Crippen molar-refractivity contribution in [2.45, 2.75) is 6.54 Å². The number of hydrogen-bond donors (Lipinski definition) is 2. The molecule has 0 saturated heterocycles. The van der Waals surface area contributed by atoms with E-state index < -0.39 is 0 Å². The summed E-state index contributed by atoms with van der Waals surface area (Å²) in [5, 5.41) is 13.5. The molecule has 0 aliphatic carbocycles. The molecule has 0 atom stereocenters. The van der Waals surface area contributed by atoms with Crippen LogP contribution in [0.1, 0.15) is 5.56 Å². The third-order valence-corrected chi connectivity index (χ3v) is 4.27. The van der Waals surface area contributed by atoms with E-state index in [0.29, 0.717) is 17.3 Å². The lowest BCUT2D eigenvalue weighted by molar-refractivity contribution is 0.373. The van der Waals surface area contributed by atoms with Gasteiger partial charge in [0.25, 0.3) is 0 Å². The number of thiazole rings is 1. The lowest BCUT2D eigenvalue weighted by atomic mass is 10.2. The number of rotatable bonds is 4. The van der Waals surface area contributed by atoms with Gasteiger partial charge in [-0.15, -0.1) is 11.3 Å². The van der Waals surface area contributed by atoms with Crippen LogP contribution in [0, 0.1) is 0 Å². The molecular formula is C15H13ClN2O2S. The number of halogens is 1. The number of hydrogen-bond acceptors (Lipinski definition) is 5. The second-order valence-electron chi connectivity index (χ2n) is 4.48. The first kappa shape index (κ1) is 14.0. The van der Waals surface area contributed by atoms with Crippen molar-refractivity contribution >= 4 is 38.8 Å². The fourth-order valence-electron chi connectivity index (χ4n) is 2.10. The normalized spacial score (nSPS) is 10.8. The molecule has 0 amide bonds. The van der Waals surface area contributed by atoms with Crippen LogP contribution in [0.3, 0.4) is 0 Å². The molecule has 6 heteroatoms. The Kier molecular flexibility index (Phi) is 3.86. The second kappa shape index (κ2) is 5.79. The molecule has 0 bridgehead atoms. The van der Waals surface area contributed by atoms with Gasteiger partial charge >= 0.3 is 0 Å². The van der Waals surface area contributed by atoms with Crippen molar-refractivity contribution in [2.24, 2.45) is 0 Å². The summed E-state index contributed by atoms with van der Waals surface area (Å²) in [5.74, 6) is 0.577. The minimum atomic E-state index is 0.126. The van der Waals surface area contributed by atoms with Crippen LogP contribution in [-0.2, 0) is 6.54 Å². The van der Waals surface area contributed by atoms with E-state index in [1.807, 2.05) is 18.2 Å². The standard InChI is InChI=1S/C15H13ClN2O2S/c1-20-12-6-9(2-4-11(12)19)7-17-14-10(16)3-5-13-15(14)18-8-21-13/h2-6,8,17,19H,7H2,1H3. The molecule has 1 aromatic heterocycles. The van der Waals surface area contributed by atoms with Crippen molar-refractivity contribution in [3.8, 4) is 11.5 Å². The number of anilines is 1. The number of nitrogens with zero attached hydrogens (tertiary/aromatic N) is 1. The van der Waals surface area contributed by atoms with Crippen LogP contribution in [0.5, 0.6) is 11.5 Å². The molecule has 3 aromatic rings. The van der Waals surface area contributed by atoms with Gasteiger partial charge in [0, 0.05) is 6.54 Å². The molecule has 3 rings (SSSR count). The van der Waals surface area contributed by atoms with Gasteiger partial charge < -0.3 is 15.2 Å². The van der Waals surface area contributed by atoms with Gasteiger partial charge in [0.1, 0.15) is 5.52 Å². The average molecular weight is 321 g/mol. The molecule has 0 unspecified atom stereocenters. The molecule has 0 radical (unpaired) electrons. The molecule has 0 aliphatic heterocycles. The monoisotopic (exact) mass is 320 g/mol. The Bertz CT molecular complexity index is 788. The number of aromatic nitrogens is 1. The Morgan fingerprint density at radius 3 is 3.00 bits per heavy atom. The molecule has 0 saturated carbocycles. The minimum Gasteiger partial charge on any atom is -0.504 e. The van der Waals surface area contributed by atoms with Crippen molar-refractivity contribution in [3.05, 3.63) is 46.4 Å². The Hall–Kier alpha value is -1.98. The zero-order valence-electron chi connectivity index (χ0n) is 11.3. The first-order chi connectivity index (χ1) is 10.2. The highest BCUT2D eigenvalue weighted by atomic mass is 35.5. The lowest BCUT2D eigenvalue weighted by Gasteiger charge is -2.11. The summed E-state index contributed by atoms with van der Waals surface area (Å²) >= 11 is 7.82. The maximum atomic E-state index is 9.60. The van der Waals surface area contributed by atoms with Gasteiger partial charge in [0.05, 0.1) is 28.0 Å². The second-order valence-corrected chi connectivity index (χ2v) is 5.77. The Balaban J connectivity index is 1.86. The van der Waals surface area contributed by atoms with Crippen LogP contribution >= 0.6 is 22.9 Å². The maximum Gasteiger partial charge on any atom is 0.160 e. The predicted molar refractivity (Wildman–Crippen MR) is 86.6 cm³/mol. The van der Waals surface area contributed by atoms with Crippen LogP contribution in [0.25, 0.3) is 10.2 Å². The van der Waals surface area contributed by atoms with E-state index in [2.05, 4.69) is 10.3 Å². The molecule has 0 fully saturated rings. The van der Waals surface area contributed by atoms with Crippen molar-refractivity contribution in [1.29, 1.82) is 0 Å². The maximum absolute atomic E-state index is 9.60. The number of benzene rings is 2. The third kappa shape index (κ3) is 2.75. The SMILES string of the molecule is COc1cc(CNc2c(Cl)ccc3scnc23)ccc1O. The number of aromatic hydroxyl groups is 1. The molecule has 4 nitrogen and oxygen atoms in total. The largest absolute Gasteiger partial charge is 0.504 e. The van der Waals surface area contributed by atoms with Crippen molar-refractivity contribution in [1.82, 2.24) is 4.98 Å². The Labute approximate surface area is 131 Å². The van der Waals surface area contributed by atoms with Gasteiger partial charge in [-0.25, -0.2) is 4.98 Å². The van der Waals surface area contributed by atoms with E-state index >= 15 is 0 Å². The number of ether oxygens (including phenoxy) is 1. The number of phenols is 1. The van der Waals surface area contributed by atoms with Crippen molar-refractivity contribution in [2.75, 3.05) is 12.4 Å². The molecule has 0 spiro atoms. The number of methoxy groups -OCH3 is 1. The summed E-state index contributed by atoms with van der Waals surface area (Å²) in [4.78, 5) is 4.35. The van der Waals surface area contributed by atoms with Crippen LogP contribution < -0.4 is 10.1 Å². The van der Waals surface area contributed by atoms with Gasteiger partial charge in [-0.05, 0) is 29.8 Å². The van der Waals surface area contributed by atoms with Gasteiger partial charge in [0.15, 0.2) is 11.5 Å². The van der Waals surface area contributed by atoms with E-state index in [9.17, 15) is 5.11 Å². The van der Waals surface area contributed by atoms with E-state index in [1.165, 1.54) is 7.11 Å². The van der Waals surface area contributed by atoms with E-state index in [-0.39, 0.29) is 5.75 Å². The number of phenolic OH excluding ortho intramolecular Hbond substituents is 1. The fourth-order valence-corrected chi connectivity index (χ4v) is 3.00. The van der Waals surface area contributed by atoms with Gasteiger partial charge in [0.2, 0.25) is 0 Å². The zero-order chi connectivity index (χ0) is 14.8. The van der Waals surface area contributed by atoms with E-state index in [4.69, 9.17) is 16.3 Å². The topological polar surface area (TPSA) is 54.4 Å². The Morgan fingerprint density at radius 1 is 1.33 bits per heavy atom. The summed E-state index contributed by atoms with van der Waals surface area (Å²) in [7, 11) is 1.53. The molecule has 2 N–H and O–H groups in total. The molecule has 108 valence electrons. The van der Waals surface area contributed by atoms with Crippen LogP contribution in [-0.4, -0.2) is 17.2 Å². The molecule has 2 aromatic carbocycles. The van der Waals surface area contributed by atoms with Crippen molar-refractivity contribution < 1.29 is 9.84 Å². The predicted octanol–water partition coefficient (Wildman–Crippen LogP) is 4.28. The Morgan fingerprint density at radius 2 is 2.19 bits per heavy atom. The quantitative estimate of drug-likeness (QED) is 0.753.